The predicted octanol–water partition coefficient (Wildman–Crippen LogP) is 0.0822. The molecule has 3 rings (SSSR count). The van der Waals surface area contributed by atoms with Gasteiger partial charge in [-0.2, -0.15) is 9.40 Å². The van der Waals surface area contributed by atoms with Gasteiger partial charge in [0.05, 0.1) is 18.8 Å². The highest BCUT2D eigenvalue weighted by molar-refractivity contribution is 7.89. The molecule has 0 saturated carbocycles. The fraction of sp³-hybridized carbons (Fsp3) is 0.667. The van der Waals surface area contributed by atoms with E-state index in [1.54, 1.807) is 4.68 Å². The summed E-state index contributed by atoms with van der Waals surface area (Å²) in [5.41, 5.74) is 0. The molecule has 8 nitrogen and oxygen atoms in total. The van der Waals surface area contributed by atoms with Crippen LogP contribution in [0.25, 0.3) is 0 Å². The maximum atomic E-state index is 12.6. The zero-order valence-electron chi connectivity index (χ0n) is 11.4. The quantitative estimate of drug-likeness (QED) is 0.844. The highest BCUT2D eigenvalue weighted by atomic mass is 32.2. The fourth-order valence-corrected chi connectivity index (χ4v) is 4.39. The number of aliphatic carboxylic acids is 1. The Hall–Kier alpha value is -1.45. The Balaban J connectivity index is 1.86. The molecule has 2 aliphatic rings. The van der Waals surface area contributed by atoms with Gasteiger partial charge in [-0.1, -0.05) is 0 Å². The molecule has 0 bridgehead atoms. The zero-order valence-corrected chi connectivity index (χ0v) is 12.2. The van der Waals surface area contributed by atoms with E-state index in [0.29, 0.717) is 26.1 Å². The lowest BCUT2D eigenvalue weighted by atomic mass is 10.2. The van der Waals surface area contributed by atoms with Gasteiger partial charge in [-0.05, 0) is 19.3 Å². The van der Waals surface area contributed by atoms with Crippen molar-refractivity contribution in [3.63, 3.8) is 0 Å². The third-order valence-electron chi connectivity index (χ3n) is 3.95. The Labute approximate surface area is 122 Å². The van der Waals surface area contributed by atoms with Crippen molar-refractivity contribution in [1.82, 2.24) is 14.1 Å². The molecule has 3 heterocycles. The summed E-state index contributed by atoms with van der Waals surface area (Å²) in [7, 11) is -3.81. The van der Waals surface area contributed by atoms with Crippen molar-refractivity contribution in [3.05, 3.63) is 12.4 Å². The minimum Gasteiger partial charge on any atom is -0.480 e. The second-order valence-corrected chi connectivity index (χ2v) is 7.18. The number of ether oxygens (including phenoxy) is 1. The van der Waals surface area contributed by atoms with Crippen LogP contribution in [-0.2, 0) is 19.6 Å². The Morgan fingerprint density at radius 2 is 2.24 bits per heavy atom. The molecule has 1 aromatic heterocycles. The number of hydrogen-bond donors (Lipinski definition) is 1. The van der Waals surface area contributed by atoms with Gasteiger partial charge in [-0.3, -0.25) is 9.48 Å². The van der Waals surface area contributed by atoms with Crippen LogP contribution in [0.4, 0.5) is 0 Å². The van der Waals surface area contributed by atoms with E-state index >= 15 is 0 Å². The lowest BCUT2D eigenvalue weighted by molar-refractivity contribution is -0.140. The van der Waals surface area contributed by atoms with Crippen molar-refractivity contribution in [2.24, 2.45) is 0 Å². The van der Waals surface area contributed by atoms with Gasteiger partial charge >= 0.3 is 5.97 Å². The predicted molar refractivity (Wildman–Crippen MR) is 71.2 cm³/mol. The molecule has 116 valence electrons. The topological polar surface area (TPSA) is 102 Å². The van der Waals surface area contributed by atoms with E-state index < -0.39 is 22.0 Å². The van der Waals surface area contributed by atoms with Crippen LogP contribution in [0, 0.1) is 0 Å². The SMILES string of the molecule is O=C(O)C1CCCN1S(=O)(=O)c1cnn(C2CCOC2)c1. The highest BCUT2D eigenvalue weighted by Crippen LogP contribution is 2.27. The summed E-state index contributed by atoms with van der Waals surface area (Å²) in [6.45, 7) is 1.39. The van der Waals surface area contributed by atoms with E-state index in [-0.39, 0.29) is 17.5 Å². The van der Waals surface area contributed by atoms with Crippen molar-refractivity contribution in [2.45, 2.75) is 36.2 Å². The average Bonchev–Trinajstić information content (AvgIpc) is 3.18. The molecular weight excluding hydrogens is 298 g/mol. The van der Waals surface area contributed by atoms with Gasteiger partial charge in [-0.15, -0.1) is 0 Å². The first-order chi connectivity index (χ1) is 10.00. The molecule has 2 atom stereocenters. The Morgan fingerprint density at radius 1 is 1.43 bits per heavy atom. The summed E-state index contributed by atoms with van der Waals surface area (Å²) < 4.78 is 33.0. The average molecular weight is 315 g/mol. The lowest BCUT2D eigenvalue weighted by Crippen LogP contribution is -2.40. The van der Waals surface area contributed by atoms with Gasteiger partial charge in [-0.25, -0.2) is 8.42 Å². The number of sulfonamides is 1. The van der Waals surface area contributed by atoms with Crippen LogP contribution in [0.2, 0.25) is 0 Å². The molecule has 0 aromatic carbocycles. The monoisotopic (exact) mass is 315 g/mol. The Bertz CT molecular complexity index is 635. The van der Waals surface area contributed by atoms with Crippen molar-refractivity contribution in [3.8, 4) is 0 Å². The van der Waals surface area contributed by atoms with Crippen molar-refractivity contribution >= 4 is 16.0 Å². The van der Waals surface area contributed by atoms with Gasteiger partial charge in [0.1, 0.15) is 10.9 Å². The molecule has 0 spiro atoms. The van der Waals surface area contributed by atoms with Crippen molar-refractivity contribution < 1.29 is 23.1 Å². The van der Waals surface area contributed by atoms with E-state index in [1.807, 2.05) is 0 Å². The summed E-state index contributed by atoms with van der Waals surface area (Å²) in [5, 5.41) is 13.2. The normalized spacial score (nSPS) is 27.2. The minimum absolute atomic E-state index is 0.0440. The maximum Gasteiger partial charge on any atom is 0.322 e. The molecule has 0 amide bonds. The van der Waals surface area contributed by atoms with Crippen LogP contribution in [0.1, 0.15) is 25.3 Å². The maximum absolute atomic E-state index is 12.6. The first kappa shape index (κ1) is 14.5. The van der Waals surface area contributed by atoms with Crippen molar-refractivity contribution in [2.75, 3.05) is 19.8 Å². The third kappa shape index (κ3) is 2.56. The van der Waals surface area contributed by atoms with Crippen LogP contribution in [0.5, 0.6) is 0 Å². The number of carboxylic acid groups (broad SMARTS) is 1. The number of hydrogen-bond acceptors (Lipinski definition) is 5. The molecule has 0 radical (unpaired) electrons. The molecule has 2 aliphatic heterocycles. The molecule has 1 aromatic rings. The highest BCUT2D eigenvalue weighted by Gasteiger charge is 2.40. The molecule has 9 heteroatoms. The smallest absolute Gasteiger partial charge is 0.322 e. The van der Waals surface area contributed by atoms with Crippen molar-refractivity contribution in [1.29, 1.82) is 0 Å². The van der Waals surface area contributed by atoms with Crippen LogP contribution < -0.4 is 0 Å². The number of nitrogens with zero attached hydrogens (tertiary/aromatic N) is 3. The second-order valence-electron chi connectivity index (χ2n) is 5.29. The van der Waals surface area contributed by atoms with Gasteiger partial charge in [0.2, 0.25) is 10.0 Å². The van der Waals surface area contributed by atoms with Crippen LogP contribution in [0.15, 0.2) is 17.3 Å². The standard InChI is InChI=1S/C12H17N3O5S/c16-12(17)11-2-1-4-15(11)21(18,19)10-6-13-14(7-10)9-3-5-20-8-9/h6-7,9,11H,1-5,8H2,(H,16,17). The molecular formula is C12H17N3O5S. The summed E-state index contributed by atoms with van der Waals surface area (Å²) in [4.78, 5) is 11.2. The summed E-state index contributed by atoms with van der Waals surface area (Å²) in [6.07, 6.45) is 4.44. The molecule has 1 N–H and O–H groups in total. The Morgan fingerprint density at radius 3 is 2.90 bits per heavy atom. The summed E-state index contributed by atoms with van der Waals surface area (Å²) >= 11 is 0. The molecule has 2 fully saturated rings. The number of carboxylic acids is 1. The number of carbonyl (C=O) groups is 1. The molecule has 2 saturated heterocycles. The van der Waals surface area contributed by atoms with Crippen LogP contribution in [-0.4, -0.2) is 59.4 Å². The molecule has 0 aliphatic carbocycles. The van der Waals surface area contributed by atoms with Gasteiger partial charge in [0, 0.05) is 19.3 Å². The minimum atomic E-state index is -3.81. The van der Waals surface area contributed by atoms with E-state index in [2.05, 4.69) is 5.10 Å². The fourth-order valence-electron chi connectivity index (χ4n) is 2.79. The van der Waals surface area contributed by atoms with E-state index in [9.17, 15) is 13.2 Å². The zero-order chi connectivity index (χ0) is 15.0. The third-order valence-corrected chi connectivity index (χ3v) is 5.81. The lowest BCUT2D eigenvalue weighted by Gasteiger charge is -2.19. The molecule has 21 heavy (non-hydrogen) atoms. The van der Waals surface area contributed by atoms with Crippen LogP contribution in [0.3, 0.4) is 0 Å². The van der Waals surface area contributed by atoms with Gasteiger partial charge in [0.15, 0.2) is 0 Å². The van der Waals surface area contributed by atoms with Crippen LogP contribution >= 0.6 is 0 Å². The summed E-state index contributed by atoms with van der Waals surface area (Å²) in [5.74, 6) is -1.10. The Kier molecular flexibility index (Phi) is 3.72. The van der Waals surface area contributed by atoms with Gasteiger partial charge < -0.3 is 9.84 Å². The van der Waals surface area contributed by atoms with E-state index in [1.165, 1.54) is 12.4 Å². The van der Waals surface area contributed by atoms with Gasteiger partial charge in [0.25, 0.3) is 0 Å². The number of rotatable bonds is 4. The van der Waals surface area contributed by atoms with E-state index in [0.717, 1.165) is 10.7 Å². The second kappa shape index (κ2) is 5.39. The first-order valence-electron chi connectivity index (χ1n) is 6.86. The van der Waals surface area contributed by atoms with E-state index in [4.69, 9.17) is 9.84 Å². The molecule has 2 unspecified atom stereocenters. The first-order valence-corrected chi connectivity index (χ1v) is 8.30. The number of aromatic nitrogens is 2. The summed E-state index contributed by atoms with van der Waals surface area (Å²) in [6, 6.07) is -0.934. The largest absolute Gasteiger partial charge is 0.480 e.